The van der Waals surface area contributed by atoms with Crippen molar-refractivity contribution in [3.8, 4) is 5.75 Å². The summed E-state index contributed by atoms with van der Waals surface area (Å²) in [5.41, 5.74) is 4.46. The van der Waals surface area contributed by atoms with Crippen molar-refractivity contribution in [3.63, 3.8) is 0 Å². The van der Waals surface area contributed by atoms with Crippen molar-refractivity contribution in [1.82, 2.24) is 16.0 Å². The molecular formula is C37H54FN3O3. The number of amides is 2. The van der Waals surface area contributed by atoms with Gasteiger partial charge in [0.1, 0.15) is 23.7 Å². The molecule has 7 heteroatoms. The Morgan fingerprint density at radius 3 is 2.25 bits per heavy atom. The zero-order valence-electron chi connectivity index (χ0n) is 27.8. The van der Waals surface area contributed by atoms with Crippen molar-refractivity contribution in [1.29, 1.82) is 0 Å². The molecule has 0 saturated heterocycles. The highest BCUT2D eigenvalue weighted by molar-refractivity contribution is 5.90. The number of rotatable bonds is 18. The van der Waals surface area contributed by atoms with Crippen molar-refractivity contribution < 1.29 is 18.7 Å². The molecule has 0 unspecified atom stereocenters. The van der Waals surface area contributed by atoms with Gasteiger partial charge in [0.25, 0.3) is 0 Å². The maximum Gasteiger partial charge on any atom is 0.243 e. The molecule has 2 aromatic carbocycles. The molecule has 2 aromatic rings. The van der Waals surface area contributed by atoms with Gasteiger partial charge in [0.15, 0.2) is 0 Å². The molecule has 0 heterocycles. The SMILES string of the molecule is CC(C)COc1ccccc1CCCNC(=O)[C@H](CC(C)C)NC(=O)[C@H](NC(=C1CC1)[C@H](C)Cc1cccc(F)c1)C(C)C. The number of ether oxygens (including phenoxy) is 1. The van der Waals surface area contributed by atoms with Crippen molar-refractivity contribution in [2.24, 2.45) is 23.7 Å². The summed E-state index contributed by atoms with van der Waals surface area (Å²) in [6.45, 7) is 15.7. The second-order valence-corrected chi connectivity index (χ2v) is 13.5. The standard InChI is InChI=1S/C37H54FN3O3/c1-24(2)20-32(36(42)39-19-11-14-29-13-8-9-16-33(29)44-23-25(3)4)40-37(43)34(26(5)6)41-35(30-17-18-30)27(7)21-28-12-10-15-31(38)22-28/h8-10,12-13,15-16,22,24-27,32,34,41H,11,14,17-21,23H2,1-7H3,(H,39,42)(H,40,43)/t27-,32+,34-/m1/s1. The molecule has 1 aliphatic carbocycles. The maximum absolute atomic E-state index is 13.8. The Balaban J connectivity index is 1.60. The van der Waals surface area contributed by atoms with Crippen LogP contribution in [0.15, 0.2) is 59.8 Å². The summed E-state index contributed by atoms with van der Waals surface area (Å²) in [6, 6.07) is 13.7. The van der Waals surface area contributed by atoms with Crippen LogP contribution in [0, 0.1) is 29.5 Å². The summed E-state index contributed by atoms with van der Waals surface area (Å²) < 4.78 is 19.8. The first-order valence-electron chi connectivity index (χ1n) is 16.5. The Morgan fingerprint density at radius 1 is 0.886 bits per heavy atom. The molecule has 3 atom stereocenters. The number of aryl methyl sites for hydroxylation is 1. The van der Waals surface area contributed by atoms with Gasteiger partial charge in [-0.25, -0.2) is 4.39 Å². The summed E-state index contributed by atoms with van der Waals surface area (Å²) in [5, 5.41) is 9.72. The monoisotopic (exact) mass is 607 g/mol. The van der Waals surface area contributed by atoms with E-state index in [9.17, 15) is 14.0 Å². The zero-order valence-corrected chi connectivity index (χ0v) is 27.8. The molecule has 0 spiro atoms. The van der Waals surface area contributed by atoms with Gasteiger partial charge in [-0.2, -0.15) is 0 Å². The lowest BCUT2D eigenvalue weighted by Crippen LogP contribution is -2.55. The Hall–Kier alpha value is -3.35. The van der Waals surface area contributed by atoms with E-state index in [1.807, 2.05) is 38.1 Å². The fourth-order valence-corrected chi connectivity index (χ4v) is 5.43. The van der Waals surface area contributed by atoms with Crippen molar-refractivity contribution in [2.45, 2.75) is 99.1 Å². The highest BCUT2D eigenvalue weighted by Gasteiger charge is 2.31. The van der Waals surface area contributed by atoms with Gasteiger partial charge in [-0.3, -0.25) is 9.59 Å². The lowest BCUT2D eigenvalue weighted by molar-refractivity contribution is -0.130. The van der Waals surface area contributed by atoms with Crippen molar-refractivity contribution >= 4 is 11.8 Å². The van der Waals surface area contributed by atoms with Crippen LogP contribution < -0.4 is 20.7 Å². The number of carbonyl (C=O) groups excluding carboxylic acids is 2. The van der Waals surface area contributed by atoms with E-state index in [0.717, 1.165) is 48.3 Å². The molecule has 0 aromatic heterocycles. The van der Waals surface area contributed by atoms with Crippen molar-refractivity contribution in [2.75, 3.05) is 13.2 Å². The second kappa shape index (κ2) is 17.2. The fourth-order valence-electron chi connectivity index (χ4n) is 5.43. The van der Waals surface area contributed by atoms with Crippen LogP contribution in [0.3, 0.4) is 0 Å². The number of allylic oxidation sites excluding steroid dienone is 2. The number of benzene rings is 2. The number of halogens is 1. The molecule has 44 heavy (non-hydrogen) atoms. The molecule has 242 valence electrons. The third kappa shape index (κ3) is 11.6. The molecule has 0 bridgehead atoms. The topological polar surface area (TPSA) is 79.5 Å². The van der Waals surface area contributed by atoms with Crippen LogP contribution in [-0.4, -0.2) is 37.0 Å². The first kappa shape index (κ1) is 35.1. The van der Waals surface area contributed by atoms with E-state index in [1.165, 1.54) is 11.6 Å². The van der Waals surface area contributed by atoms with Gasteiger partial charge < -0.3 is 20.7 Å². The van der Waals surface area contributed by atoms with Crippen LogP contribution in [-0.2, 0) is 22.4 Å². The molecule has 3 N–H and O–H groups in total. The van der Waals surface area contributed by atoms with E-state index in [1.54, 1.807) is 12.1 Å². The minimum absolute atomic E-state index is 0.00599. The van der Waals surface area contributed by atoms with Gasteiger partial charge in [-0.1, -0.05) is 84.4 Å². The normalized spacial score (nSPS) is 14.8. The van der Waals surface area contributed by atoms with Gasteiger partial charge in [0.2, 0.25) is 11.8 Å². The van der Waals surface area contributed by atoms with Gasteiger partial charge in [0, 0.05) is 12.2 Å². The molecule has 1 aliphatic rings. The highest BCUT2D eigenvalue weighted by atomic mass is 19.1. The third-order valence-electron chi connectivity index (χ3n) is 7.87. The fraction of sp³-hybridized carbons (Fsp3) is 0.568. The number of hydrogen-bond donors (Lipinski definition) is 3. The van der Waals surface area contributed by atoms with E-state index in [4.69, 9.17) is 4.74 Å². The quantitative estimate of drug-likeness (QED) is 0.160. The van der Waals surface area contributed by atoms with Crippen LogP contribution in [0.1, 0.15) is 85.3 Å². The average molecular weight is 608 g/mol. The lowest BCUT2D eigenvalue weighted by Gasteiger charge is -2.29. The second-order valence-electron chi connectivity index (χ2n) is 13.5. The van der Waals surface area contributed by atoms with Crippen LogP contribution in [0.4, 0.5) is 4.39 Å². The molecule has 1 saturated carbocycles. The average Bonchev–Trinajstić information content (AvgIpc) is 3.79. The number of nitrogens with one attached hydrogen (secondary N) is 3. The van der Waals surface area contributed by atoms with Crippen LogP contribution in [0.25, 0.3) is 0 Å². The number of carbonyl (C=O) groups is 2. The largest absolute Gasteiger partial charge is 0.493 e. The molecule has 3 rings (SSSR count). The minimum Gasteiger partial charge on any atom is -0.493 e. The molecule has 6 nitrogen and oxygen atoms in total. The summed E-state index contributed by atoms with van der Waals surface area (Å²) in [7, 11) is 0. The van der Waals surface area contributed by atoms with E-state index >= 15 is 0 Å². The Kier molecular flexibility index (Phi) is 13.7. The summed E-state index contributed by atoms with van der Waals surface area (Å²) in [5.74, 6) is 1.13. The zero-order chi connectivity index (χ0) is 32.2. The van der Waals surface area contributed by atoms with E-state index in [2.05, 4.69) is 56.6 Å². The first-order chi connectivity index (χ1) is 20.9. The Morgan fingerprint density at radius 2 is 1.61 bits per heavy atom. The third-order valence-corrected chi connectivity index (χ3v) is 7.87. The predicted octanol–water partition coefficient (Wildman–Crippen LogP) is 6.98. The van der Waals surface area contributed by atoms with E-state index < -0.39 is 12.1 Å². The van der Waals surface area contributed by atoms with Crippen LogP contribution in [0.5, 0.6) is 5.75 Å². The maximum atomic E-state index is 13.8. The lowest BCUT2D eigenvalue weighted by atomic mass is 9.94. The molecule has 0 radical (unpaired) electrons. The van der Waals surface area contributed by atoms with Gasteiger partial charge in [-0.05, 0) is 91.5 Å². The van der Waals surface area contributed by atoms with E-state index in [0.29, 0.717) is 31.9 Å². The molecular weight excluding hydrogens is 553 g/mol. The van der Waals surface area contributed by atoms with E-state index in [-0.39, 0.29) is 35.4 Å². The van der Waals surface area contributed by atoms with Crippen molar-refractivity contribution in [3.05, 3.63) is 76.7 Å². The molecule has 0 aliphatic heterocycles. The summed E-state index contributed by atoms with van der Waals surface area (Å²) in [4.78, 5) is 27.0. The Bertz CT molecular complexity index is 1250. The van der Waals surface area contributed by atoms with Gasteiger partial charge in [-0.15, -0.1) is 0 Å². The van der Waals surface area contributed by atoms with Crippen LogP contribution >= 0.6 is 0 Å². The number of para-hydroxylation sites is 1. The molecule has 2 amide bonds. The number of hydrogen-bond acceptors (Lipinski definition) is 4. The van der Waals surface area contributed by atoms with Crippen LogP contribution in [0.2, 0.25) is 0 Å². The highest BCUT2D eigenvalue weighted by Crippen LogP contribution is 2.35. The van der Waals surface area contributed by atoms with Gasteiger partial charge in [0.05, 0.1) is 6.61 Å². The summed E-state index contributed by atoms with van der Waals surface area (Å²) in [6.07, 6.45) is 4.82. The smallest absolute Gasteiger partial charge is 0.243 e. The molecule has 1 fully saturated rings. The first-order valence-corrected chi connectivity index (χ1v) is 16.5. The van der Waals surface area contributed by atoms with Gasteiger partial charge >= 0.3 is 0 Å². The Labute approximate surface area is 264 Å². The summed E-state index contributed by atoms with van der Waals surface area (Å²) >= 11 is 0. The predicted molar refractivity (Wildman–Crippen MR) is 177 cm³/mol. The minimum atomic E-state index is -0.617.